The lowest BCUT2D eigenvalue weighted by Crippen LogP contribution is -2.45. The van der Waals surface area contributed by atoms with Gasteiger partial charge in [0.2, 0.25) is 5.91 Å². The summed E-state index contributed by atoms with van der Waals surface area (Å²) < 4.78 is 10.7. The molecule has 6 heteroatoms. The first kappa shape index (κ1) is 16.2. The molecule has 1 aromatic rings. The van der Waals surface area contributed by atoms with E-state index in [0.717, 1.165) is 5.56 Å². The molecule has 0 aliphatic carbocycles. The maximum Gasteiger partial charge on any atom is 0.330 e. The molecule has 0 radical (unpaired) electrons. The minimum atomic E-state index is -0.612. The second-order valence-electron chi connectivity index (χ2n) is 6.19. The Kier molecular flexibility index (Phi) is 4.13. The fourth-order valence-electron chi connectivity index (χ4n) is 3.19. The summed E-state index contributed by atoms with van der Waals surface area (Å²) in [7, 11) is 1.31. The fraction of sp³-hybridized carbons (Fsp3) is 0.389. The standard InChI is InChI=1S/C18H19NO5/c1-12(20)19-8-7-18(11-19)10-15(21)14-9-13(3-5-16(14)24-18)4-6-17(22)23-2/h3-6,9H,7-8,10-11H2,1-2H3. The number of nitrogens with zero attached hydrogens (tertiary/aromatic N) is 1. The van der Waals surface area contributed by atoms with Crippen molar-refractivity contribution in [2.45, 2.75) is 25.4 Å². The van der Waals surface area contributed by atoms with Crippen LogP contribution >= 0.6 is 0 Å². The molecule has 126 valence electrons. The number of Topliss-reactive ketones (excluding diaryl/α,β-unsaturated/α-hetero) is 1. The molecule has 24 heavy (non-hydrogen) atoms. The Morgan fingerprint density at radius 2 is 2.17 bits per heavy atom. The van der Waals surface area contributed by atoms with Crippen molar-refractivity contribution in [1.82, 2.24) is 4.90 Å². The van der Waals surface area contributed by atoms with Gasteiger partial charge in [0.15, 0.2) is 5.78 Å². The summed E-state index contributed by atoms with van der Waals surface area (Å²) in [5, 5.41) is 0. The number of carbonyl (C=O) groups is 3. The van der Waals surface area contributed by atoms with Gasteiger partial charge in [0.25, 0.3) is 0 Å². The number of fused-ring (bicyclic) bond motifs is 1. The topological polar surface area (TPSA) is 72.9 Å². The minimum Gasteiger partial charge on any atom is -0.484 e. The van der Waals surface area contributed by atoms with E-state index >= 15 is 0 Å². The van der Waals surface area contributed by atoms with Crippen LogP contribution in [-0.2, 0) is 14.3 Å². The molecule has 2 heterocycles. The van der Waals surface area contributed by atoms with Gasteiger partial charge in [0, 0.05) is 26.0 Å². The summed E-state index contributed by atoms with van der Waals surface area (Å²) in [6.45, 7) is 2.58. The van der Waals surface area contributed by atoms with Crippen molar-refractivity contribution in [2.75, 3.05) is 20.2 Å². The van der Waals surface area contributed by atoms with E-state index in [-0.39, 0.29) is 18.1 Å². The van der Waals surface area contributed by atoms with E-state index in [1.54, 1.807) is 29.2 Å². The SMILES string of the molecule is COC(=O)C=Cc1ccc2c(c1)C(=O)CC1(CCN(C(C)=O)C1)O2. The van der Waals surface area contributed by atoms with Crippen LogP contribution in [0.5, 0.6) is 5.75 Å². The Morgan fingerprint density at radius 1 is 1.38 bits per heavy atom. The largest absolute Gasteiger partial charge is 0.484 e. The van der Waals surface area contributed by atoms with Gasteiger partial charge in [-0.3, -0.25) is 9.59 Å². The lowest BCUT2D eigenvalue weighted by atomic mass is 9.88. The van der Waals surface area contributed by atoms with Crippen LogP contribution in [0.2, 0.25) is 0 Å². The predicted molar refractivity (Wildman–Crippen MR) is 86.7 cm³/mol. The average Bonchev–Trinajstić information content (AvgIpc) is 2.96. The molecule has 3 rings (SSSR count). The van der Waals surface area contributed by atoms with E-state index in [4.69, 9.17) is 4.74 Å². The van der Waals surface area contributed by atoms with Crippen molar-refractivity contribution in [2.24, 2.45) is 0 Å². The highest BCUT2D eigenvalue weighted by Crippen LogP contribution is 2.39. The van der Waals surface area contributed by atoms with Crippen molar-refractivity contribution in [1.29, 1.82) is 0 Å². The summed E-state index contributed by atoms with van der Waals surface area (Å²) in [6.07, 6.45) is 3.81. The van der Waals surface area contributed by atoms with Crippen molar-refractivity contribution in [3.05, 3.63) is 35.4 Å². The van der Waals surface area contributed by atoms with Crippen LogP contribution in [0.4, 0.5) is 0 Å². The molecular formula is C18H19NO5. The zero-order chi connectivity index (χ0) is 17.3. The molecule has 2 aliphatic rings. The predicted octanol–water partition coefficient (Wildman–Crippen LogP) is 1.83. The fourth-order valence-corrected chi connectivity index (χ4v) is 3.19. The van der Waals surface area contributed by atoms with Crippen LogP contribution in [0.3, 0.4) is 0 Å². The summed E-state index contributed by atoms with van der Waals surface area (Å²) >= 11 is 0. The van der Waals surface area contributed by atoms with E-state index in [0.29, 0.717) is 30.8 Å². The number of ketones is 1. The van der Waals surface area contributed by atoms with Gasteiger partial charge in [-0.2, -0.15) is 0 Å². The summed E-state index contributed by atoms with van der Waals surface area (Å²) in [4.78, 5) is 37.0. The van der Waals surface area contributed by atoms with E-state index in [1.807, 2.05) is 0 Å². The number of benzene rings is 1. The number of methoxy groups -OCH3 is 1. The third kappa shape index (κ3) is 3.04. The van der Waals surface area contributed by atoms with Crippen molar-refractivity contribution in [3.63, 3.8) is 0 Å². The van der Waals surface area contributed by atoms with Gasteiger partial charge >= 0.3 is 5.97 Å². The van der Waals surface area contributed by atoms with E-state index in [2.05, 4.69) is 4.74 Å². The number of amides is 1. The Morgan fingerprint density at radius 3 is 2.83 bits per heavy atom. The maximum absolute atomic E-state index is 12.6. The van der Waals surface area contributed by atoms with Crippen LogP contribution in [0, 0.1) is 0 Å². The third-order valence-electron chi connectivity index (χ3n) is 4.49. The molecule has 0 saturated carbocycles. The maximum atomic E-state index is 12.6. The molecule has 1 unspecified atom stereocenters. The summed E-state index contributed by atoms with van der Waals surface area (Å²) in [6, 6.07) is 5.23. The number of carbonyl (C=O) groups excluding carboxylic acids is 3. The minimum absolute atomic E-state index is 0.00276. The van der Waals surface area contributed by atoms with Gasteiger partial charge in [-0.25, -0.2) is 4.79 Å². The first-order chi connectivity index (χ1) is 11.4. The Bertz CT molecular complexity index is 739. The molecule has 1 amide bonds. The molecule has 1 fully saturated rings. The number of ether oxygens (including phenoxy) is 2. The zero-order valence-corrected chi connectivity index (χ0v) is 13.7. The average molecular weight is 329 g/mol. The Labute approximate surface area is 140 Å². The van der Waals surface area contributed by atoms with E-state index < -0.39 is 11.6 Å². The van der Waals surface area contributed by atoms with Gasteiger partial charge in [0.05, 0.1) is 25.6 Å². The second-order valence-corrected chi connectivity index (χ2v) is 6.19. The molecule has 0 N–H and O–H groups in total. The van der Waals surface area contributed by atoms with Crippen LogP contribution in [-0.4, -0.2) is 48.4 Å². The highest BCUT2D eigenvalue weighted by atomic mass is 16.5. The first-order valence-electron chi connectivity index (χ1n) is 7.80. The highest BCUT2D eigenvalue weighted by Gasteiger charge is 2.46. The van der Waals surface area contributed by atoms with Gasteiger partial charge in [-0.05, 0) is 23.8 Å². The molecule has 2 aliphatic heterocycles. The molecule has 0 bridgehead atoms. The summed E-state index contributed by atoms with van der Waals surface area (Å²) in [5.41, 5.74) is 0.622. The van der Waals surface area contributed by atoms with Crippen molar-refractivity contribution in [3.8, 4) is 5.75 Å². The Balaban J connectivity index is 1.83. The molecule has 1 aromatic carbocycles. The monoisotopic (exact) mass is 329 g/mol. The lowest BCUT2D eigenvalue weighted by Gasteiger charge is -2.34. The van der Waals surface area contributed by atoms with Crippen LogP contribution in [0.15, 0.2) is 24.3 Å². The second kappa shape index (κ2) is 6.11. The first-order valence-corrected chi connectivity index (χ1v) is 7.80. The molecule has 1 atom stereocenters. The van der Waals surface area contributed by atoms with E-state index in [1.165, 1.54) is 20.1 Å². The quantitative estimate of drug-likeness (QED) is 0.611. The number of likely N-dealkylation sites (tertiary alicyclic amines) is 1. The van der Waals surface area contributed by atoms with Crippen molar-refractivity contribution < 1.29 is 23.9 Å². The van der Waals surface area contributed by atoms with Gasteiger partial charge in [-0.1, -0.05) is 6.07 Å². The van der Waals surface area contributed by atoms with Crippen LogP contribution < -0.4 is 4.74 Å². The summed E-state index contributed by atoms with van der Waals surface area (Å²) in [5.74, 6) is 0.0726. The molecular weight excluding hydrogens is 310 g/mol. The highest BCUT2D eigenvalue weighted by molar-refractivity contribution is 6.01. The third-order valence-corrected chi connectivity index (χ3v) is 4.49. The lowest BCUT2D eigenvalue weighted by molar-refractivity contribution is -0.134. The van der Waals surface area contributed by atoms with E-state index in [9.17, 15) is 14.4 Å². The van der Waals surface area contributed by atoms with Crippen LogP contribution in [0.25, 0.3) is 6.08 Å². The zero-order valence-electron chi connectivity index (χ0n) is 13.7. The molecule has 6 nitrogen and oxygen atoms in total. The number of hydrogen-bond donors (Lipinski definition) is 0. The smallest absolute Gasteiger partial charge is 0.330 e. The number of esters is 1. The van der Waals surface area contributed by atoms with Crippen LogP contribution in [0.1, 0.15) is 35.7 Å². The Hall–Kier alpha value is -2.63. The number of rotatable bonds is 2. The number of hydrogen-bond acceptors (Lipinski definition) is 5. The molecule has 1 spiro atoms. The molecule has 0 aromatic heterocycles. The van der Waals surface area contributed by atoms with Crippen molar-refractivity contribution >= 4 is 23.7 Å². The van der Waals surface area contributed by atoms with Gasteiger partial charge < -0.3 is 14.4 Å². The van der Waals surface area contributed by atoms with Gasteiger partial charge in [0.1, 0.15) is 11.4 Å². The molecule has 1 saturated heterocycles. The normalized spacial score (nSPS) is 22.6. The van der Waals surface area contributed by atoms with Gasteiger partial charge in [-0.15, -0.1) is 0 Å².